The van der Waals surface area contributed by atoms with Gasteiger partial charge in [-0.1, -0.05) is 46.7 Å². The normalized spacial score (nSPS) is 10.9. The number of hydrogen-bond donors (Lipinski definition) is 2. The van der Waals surface area contributed by atoms with E-state index in [0.29, 0.717) is 33.0 Å². The minimum Gasteiger partial charge on any atom is -0.497 e. The number of thiazole rings is 1. The maximum absolute atomic E-state index is 13.2. The number of para-hydroxylation sites is 1. The van der Waals surface area contributed by atoms with Crippen molar-refractivity contribution in [1.29, 1.82) is 0 Å². The summed E-state index contributed by atoms with van der Waals surface area (Å²) in [5.74, 6) is -0.202. The van der Waals surface area contributed by atoms with Gasteiger partial charge in [-0.25, -0.2) is 9.67 Å². The predicted molar refractivity (Wildman–Crippen MR) is 147 cm³/mol. The highest BCUT2D eigenvalue weighted by molar-refractivity contribution is 7.22. The van der Waals surface area contributed by atoms with Gasteiger partial charge in [-0.15, -0.1) is 0 Å². The van der Waals surface area contributed by atoms with Crippen LogP contribution in [0.1, 0.15) is 26.4 Å². The second-order valence-electron chi connectivity index (χ2n) is 7.95. The Labute approximate surface area is 225 Å². The molecule has 8 nitrogen and oxygen atoms in total. The molecule has 0 spiro atoms. The number of hydrogen-bond acceptors (Lipinski definition) is 6. The molecule has 11 heteroatoms. The number of carbonyl (C=O) groups excluding carboxylic acids is 2. The van der Waals surface area contributed by atoms with Crippen LogP contribution in [0.25, 0.3) is 15.9 Å². The van der Waals surface area contributed by atoms with Crippen LogP contribution in [0, 0.1) is 6.92 Å². The average molecular weight is 552 g/mol. The zero-order valence-electron chi connectivity index (χ0n) is 19.6. The lowest BCUT2D eigenvalue weighted by molar-refractivity contribution is 0.102. The number of aromatic nitrogens is 3. The molecule has 0 bridgehead atoms. The van der Waals surface area contributed by atoms with E-state index < -0.39 is 11.8 Å². The standard InChI is InChI=1S/C26H19Cl2N5O3S/c1-14-22(23(28)33(32-14)16-9-7-15(27)8-10-16)25(35)29-19-6-4-3-5-18(19)24(34)31-26-30-20-12-11-17(36-2)13-21(20)37-26/h3-13H,1-2H3,(H,29,35)(H,30,31,34). The van der Waals surface area contributed by atoms with Gasteiger partial charge in [0.15, 0.2) is 5.13 Å². The third kappa shape index (κ3) is 5.01. The summed E-state index contributed by atoms with van der Waals surface area (Å²) in [7, 11) is 1.59. The number of rotatable bonds is 6. The number of amides is 2. The van der Waals surface area contributed by atoms with E-state index >= 15 is 0 Å². The van der Waals surface area contributed by atoms with E-state index in [9.17, 15) is 9.59 Å². The van der Waals surface area contributed by atoms with Crippen LogP contribution in [0.2, 0.25) is 10.2 Å². The summed E-state index contributed by atoms with van der Waals surface area (Å²) >= 11 is 13.8. The van der Waals surface area contributed by atoms with Gasteiger partial charge in [-0.3, -0.25) is 14.9 Å². The Morgan fingerprint density at radius 1 is 0.973 bits per heavy atom. The number of benzene rings is 3. The maximum Gasteiger partial charge on any atom is 0.260 e. The first-order valence-electron chi connectivity index (χ1n) is 11.0. The van der Waals surface area contributed by atoms with Crippen molar-refractivity contribution in [3.8, 4) is 11.4 Å². The lowest BCUT2D eigenvalue weighted by atomic mass is 10.1. The van der Waals surface area contributed by atoms with Crippen LogP contribution in [-0.4, -0.2) is 33.7 Å². The van der Waals surface area contributed by atoms with E-state index in [2.05, 4.69) is 20.7 Å². The molecule has 0 radical (unpaired) electrons. The van der Waals surface area contributed by atoms with Gasteiger partial charge in [-0.05, 0) is 61.5 Å². The van der Waals surface area contributed by atoms with Crippen molar-refractivity contribution in [2.45, 2.75) is 6.92 Å². The first-order valence-corrected chi connectivity index (χ1v) is 12.6. The number of nitrogens with one attached hydrogen (secondary N) is 2. The molecule has 2 aromatic heterocycles. The van der Waals surface area contributed by atoms with E-state index in [-0.39, 0.29) is 16.3 Å². The molecule has 37 heavy (non-hydrogen) atoms. The molecule has 186 valence electrons. The quantitative estimate of drug-likeness (QED) is 0.247. The summed E-state index contributed by atoms with van der Waals surface area (Å²) in [6.07, 6.45) is 0. The van der Waals surface area contributed by atoms with Gasteiger partial charge in [0.25, 0.3) is 11.8 Å². The Morgan fingerprint density at radius 3 is 2.49 bits per heavy atom. The fourth-order valence-corrected chi connectivity index (χ4v) is 5.11. The number of carbonyl (C=O) groups is 2. The van der Waals surface area contributed by atoms with E-state index in [4.69, 9.17) is 27.9 Å². The van der Waals surface area contributed by atoms with Gasteiger partial charge >= 0.3 is 0 Å². The van der Waals surface area contributed by atoms with Crippen molar-refractivity contribution in [2.24, 2.45) is 0 Å². The van der Waals surface area contributed by atoms with Crippen molar-refractivity contribution in [1.82, 2.24) is 14.8 Å². The van der Waals surface area contributed by atoms with Crippen molar-refractivity contribution in [3.05, 3.63) is 93.7 Å². The number of ether oxygens (including phenoxy) is 1. The molecule has 0 saturated heterocycles. The highest BCUT2D eigenvalue weighted by Gasteiger charge is 2.23. The monoisotopic (exact) mass is 551 g/mol. The van der Waals surface area contributed by atoms with Crippen molar-refractivity contribution in [3.63, 3.8) is 0 Å². The lowest BCUT2D eigenvalue weighted by Gasteiger charge is -2.10. The van der Waals surface area contributed by atoms with Crippen molar-refractivity contribution in [2.75, 3.05) is 17.7 Å². The van der Waals surface area contributed by atoms with Crippen molar-refractivity contribution >= 4 is 67.4 Å². The van der Waals surface area contributed by atoms with Gasteiger partial charge < -0.3 is 10.1 Å². The highest BCUT2D eigenvalue weighted by atomic mass is 35.5. The molecule has 0 aliphatic rings. The van der Waals surface area contributed by atoms with Crippen LogP contribution in [0.15, 0.2) is 66.7 Å². The zero-order valence-corrected chi connectivity index (χ0v) is 21.9. The Kier molecular flexibility index (Phi) is 6.84. The number of halogens is 2. The summed E-state index contributed by atoms with van der Waals surface area (Å²) in [5, 5.41) is 11.2. The summed E-state index contributed by atoms with van der Waals surface area (Å²) in [6, 6.07) is 19.1. The molecule has 0 saturated carbocycles. The number of fused-ring (bicyclic) bond motifs is 1. The Morgan fingerprint density at radius 2 is 1.73 bits per heavy atom. The average Bonchev–Trinajstić information content (AvgIpc) is 3.43. The summed E-state index contributed by atoms with van der Waals surface area (Å²) < 4.78 is 7.59. The van der Waals surface area contributed by atoms with Gasteiger partial charge in [0.1, 0.15) is 16.5 Å². The molecule has 0 fully saturated rings. The molecule has 2 amide bonds. The summed E-state index contributed by atoms with van der Waals surface area (Å²) in [5.41, 5.74) is 2.63. The van der Waals surface area contributed by atoms with Crippen LogP contribution in [0.3, 0.4) is 0 Å². The Balaban J connectivity index is 1.39. The molecule has 5 aromatic rings. The minimum atomic E-state index is -0.491. The van der Waals surface area contributed by atoms with Gasteiger partial charge in [0.2, 0.25) is 0 Å². The highest BCUT2D eigenvalue weighted by Crippen LogP contribution is 2.30. The summed E-state index contributed by atoms with van der Waals surface area (Å²) in [6.45, 7) is 1.69. The largest absolute Gasteiger partial charge is 0.497 e. The number of aryl methyl sites for hydroxylation is 1. The fourth-order valence-electron chi connectivity index (χ4n) is 3.74. The van der Waals surface area contributed by atoms with E-state index in [0.717, 1.165) is 10.2 Å². The molecule has 5 rings (SSSR count). The van der Waals surface area contributed by atoms with Gasteiger partial charge in [0, 0.05) is 5.02 Å². The number of anilines is 2. The Hall–Kier alpha value is -3.92. The van der Waals surface area contributed by atoms with E-state index in [1.807, 2.05) is 12.1 Å². The van der Waals surface area contributed by atoms with E-state index in [1.165, 1.54) is 16.0 Å². The first kappa shape index (κ1) is 24.8. The second kappa shape index (κ2) is 10.2. The van der Waals surface area contributed by atoms with Gasteiger partial charge in [0.05, 0.1) is 40.0 Å². The minimum absolute atomic E-state index is 0.143. The molecule has 2 heterocycles. The second-order valence-corrected chi connectivity index (χ2v) is 9.77. The van der Waals surface area contributed by atoms with Crippen LogP contribution in [-0.2, 0) is 0 Å². The van der Waals surface area contributed by atoms with Crippen LogP contribution in [0.5, 0.6) is 5.75 Å². The fraction of sp³-hybridized carbons (Fsp3) is 0.0769. The molecule has 0 unspecified atom stereocenters. The smallest absolute Gasteiger partial charge is 0.260 e. The third-order valence-electron chi connectivity index (χ3n) is 5.54. The molecule has 2 N–H and O–H groups in total. The molecular formula is C26H19Cl2N5O3S. The van der Waals surface area contributed by atoms with Crippen molar-refractivity contribution < 1.29 is 14.3 Å². The molecular weight excluding hydrogens is 533 g/mol. The summed E-state index contributed by atoms with van der Waals surface area (Å²) in [4.78, 5) is 30.8. The molecule has 0 atom stereocenters. The maximum atomic E-state index is 13.2. The number of methoxy groups -OCH3 is 1. The molecule has 0 aliphatic carbocycles. The van der Waals surface area contributed by atoms with Crippen LogP contribution >= 0.6 is 34.5 Å². The number of nitrogens with zero attached hydrogens (tertiary/aromatic N) is 3. The van der Waals surface area contributed by atoms with Crippen LogP contribution in [0.4, 0.5) is 10.8 Å². The third-order valence-corrected chi connectivity index (χ3v) is 7.07. The molecule has 0 aliphatic heterocycles. The van der Waals surface area contributed by atoms with E-state index in [1.54, 1.807) is 68.6 Å². The Bertz CT molecular complexity index is 1650. The van der Waals surface area contributed by atoms with Crippen LogP contribution < -0.4 is 15.4 Å². The first-order chi connectivity index (χ1) is 17.8. The predicted octanol–water partition coefficient (Wildman–Crippen LogP) is 6.61. The zero-order chi connectivity index (χ0) is 26.1. The SMILES string of the molecule is COc1ccc2nc(NC(=O)c3ccccc3NC(=O)c3c(C)nn(-c4ccc(Cl)cc4)c3Cl)sc2c1. The lowest BCUT2D eigenvalue weighted by Crippen LogP contribution is -2.18. The topological polar surface area (TPSA) is 98.1 Å². The molecule has 3 aromatic carbocycles. The van der Waals surface area contributed by atoms with Gasteiger partial charge in [-0.2, -0.15) is 5.10 Å².